The highest BCUT2D eigenvalue weighted by Gasteiger charge is 2.13. The van der Waals surface area contributed by atoms with E-state index in [1.54, 1.807) is 60.7 Å². The molecule has 4 rings (SSSR count). The van der Waals surface area contributed by atoms with Gasteiger partial charge in [-0.05, 0) is 60.2 Å². The van der Waals surface area contributed by atoms with Crippen LogP contribution in [0, 0.1) is 17.1 Å². The van der Waals surface area contributed by atoms with Crippen LogP contribution >= 0.6 is 11.6 Å². The van der Waals surface area contributed by atoms with Gasteiger partial charge in [0, 0.05) is 21.8 Å². The Bertz CT molecular complexity index is 1450. The van der Waals surface area contributed by atoms with Crippen LogP contribution in [0.15, 0.2) is 103 Å². The number of ether oxygens (including phenoxy) is 2. The first-order valence-corrected chi connectivity index (χ1v) is 11.8. The average Bonchev–Trinajstić information content (AvgIpc) is 2.92. The molecule has 1 N–H and O–H groups in total. The van der Waals surface area contributed by atoms with Crippen molar-refractivity contribution in [2.45, 2.75) is 13.2 Å². The summed E-state index contributed by atoms with van der Waals surface area (Å²) in [4.78, 5) is 12.8. The van der Waals surface area contributed by atoms with Crippen LogP contribution in [-0.2, 0) is 18.0 Å². The molecule has 0 heterocycles. The van der Waals surface area contributed by atoms with Crippen LogP contribution in [0.4, 0.5) is 10.1 Å². The molecule has 0 saturated heterocycles. The third kappa shape index (κ3) is 7.20. The largest absolute Gasteiger partial charge is 0.489 e. The number of nitrogens with zero attached hydrogens (tertiary/aromatic N) is 1. The van der Waals surface area contributed by atoms with Crippen molar-refractivity contribution in [2.75, 3.05) is 5.32 Å². The molecule has 4 aromatic carbocycles. The lowest BCUT2D eigenvalue weighted by Crippen LogP contribution is -2.13. The number of carbonyl (C=O) groups excluding carboxylic acids is 1. The second-order valence-electron chi connectivity index (χ2n) is 7.98. The summed E-state index contributed by atoms with van der Waals surface area (Å²) in [6, 6.07) is 29.6. The summed E-state index contributed by atoms with van der Waals surface area (Å²) in [5.74, 6) is 0.0178. The number of hydrogen-bond acceptors (Lipinski definition) is 4. The van der Waals surface area contributed by atoms with Gasteiger partial charge in [-0.2, -0.15) is 5.26 Å². The number of hydrogen-bond donors (Lipinski definition) is 1. The van der Waals surface area contributed by atoms with Crippen LogP contribution in [0.5, 0.6) is 11.5 Å². The van der Waals surface area contributed by atoms with Crippen LogP contribution in [0.25, 0.3) is 6.08 Å². The Kier molecular flexibility index (Phi) is 8.53. The first-order chi connectivity index (χ1) is 18.0. The van der Waals surface area contributed by atoms with Crippen LogP contribution in [0.2, 0.25) is 5.02 Å². The monoisotopic (exact) mass is 512 g/mol. The zero-order valence-corrected chi connectivity index (χ0v) is 20.4. The van der Waals surface area contributed by atoms with Crippen LogP contribution in [0.3, 0.4) is 0 Å². The van der Waals surface area contributed by atoms with Crippen molar-refractivity contribution in [2.24, 2.45) is 0 Å². The van der Waals surface area contributed by atoms with Gasteiger partial charge in [-0.25, -0.2) is 4.39 Å². The molecule has 184 valence electrons. The number of rotatable bonds is 9. The van der Waals surface area contributed by atoms with Gasteiger partial charge in [0.1, 0.15) is 42.2 Å². The number of nitriles is 1. The Hall–Kier alpha value is -4.60. The molecule has 0 saturated carbocycles. The summed E-state index contributed by atoms with van der Waals surface area (Å²) in [6.07, 6.45) is 1.38. The third-order valence-corrected chi connectivity index (χ3v) is 5.57. The Labute approximate surface area is 219 Å². The number of benzene rings is 4. The van der Waals surface area contributed by atoms with E-state index in [0.29, 0.717) is 39.9 Å². The van der Waals surface area contributed by atoms with Gasteiger partial charge in [0.15, 0.2) is 0 Å². The minimum absolute atomic E-state index is 0.0259. The summed E-state index contributed by atoms with van der Waals surface area (Å²) in [6.45, 7) is 0.400. The molecule has 1 amide bonds. The number of halogens is 2. The molecule has 0 aliphatic carbocycles. The Balaban J connectivity index is 1.44. The van der Waals surface area contributed by atoms with E-state index in [0.717, 1.165) is 5.56 Å². The van der Waals surface area contributed by atoms with Crippen molar-refractivity contribution in [1.29, 1.82) is 5.26 Å². The van der Waals surface area contributed by atoms with Crippen molar-refractivity contribution >= 4 is 29.3 Å². The molecule has 0 aliphatic rings. The quantitative estimate of drug-likeness (QED) is 0.190. The molecule has 5 nitrogen and oxygen atoms in total. The van der Waals surface area contributed by atoms with Gasteiger partial charge in [-0.1, -0.05) is 60.1 Å². The van der Waals surface area contributed by atoms with E-state index in [-0.39, 0.29) is 18.0 Å². The molecule has 37 heavy (non-hydrogen) atoms. The Morgan fingerprint density at radius 2 is 1.65 bits per heavy atom. The van der Waals surface area contributed by atoms with Gasteiger partial charge >= 0.3 is 0 Å². The fraction of sp³-hybridized carbons (Fsp3) is 0.0667. The van der Waals surface area contributed by atoms with E-state index in [1.807, 2.05) is 36.4 Å². The number of anilines is 1. The highest BCUT2D eigenvalue weighted by molar-refractivity contribution is 6.30. The Morgan fingerprint density at radius 1 is 0.919 bits per heavy atom. The van der Waals surface area contributed by atoms with Crippen molar-refractivity contribution in [3.63, 3.8) is 0 Å². The zero-order valence-electron chi connectivity index (χ0n) is 19.7. The fourth-order valence-corrected chi connectivity index (χ4v) is 3.59. The first kappa shape index (κ1) is 25.5. The maximum absolute atomic E-state index is 14.0. The molecule has 0 unspecified atom stereocenters. The molecule has 0 radical (unpaired) electrons. The van der Waals surface area contributed by atoms with E-state index in [9.17, 15) is 14.4 Å². The van der Waals surface area contributed by atoms with Crippen molar-refractivity contribution in [3.05, 3.63) is 130 Å². The lowest BCUT2D eigenvalue weighted by atomic mass is 10.1. The van der Waals surface area contributed by atoms with Gasteiger partial charge in [-0.15, -0.1) is 0 Å². The van der Waals surface area contributed by atoms with Gasteiger partial charge in [0.2, 0.25) is 0 Å². The lowest BCUT2D eigenvalue weighted by Gasteiger charge is -2.11. The van der Waals surface area contributed by atoms with Gasteiger partial charge in [0.25, 0.3) is 5.91 Å². The van der Waals surface area contributed by atoms with E-state index < -0.39 is 5.91 Å². The van der Waals surface area contributed by atoms with Crippen molar-refractivity contribution in [1.82, 2.24) is 0 Å². The fourth-order valence-electron chi connectivity index (χ4n) is 3.41. The predicted octanol–water partition coefficient (Wildman–Crippen LogP) is 7.18. The number of amides is 1. The predicted molar refractivity (Wildman–Crippen MR) is 142 cm³/mol. The maximum atomic E-state index is 14.0. The van der Waals surface area contributed by atoms with Crippen LogP contribution < -0.4 is 14.8 Å². The molecule has 4 aromatic rings. The topological polar surface area (TPSA) is 71.3 Å². The Morgan fingerprint density at radius 3 is 2.38 bits per heavy atom. The zero-order chi connectivity index (χ0) is 26.0. The highest BCUT2D eigenvalue weighted by Crippen LogP contribution is 2.27. The maximum Gasteiger partial charge on any atom is 0.266 e. The van der Waals surface area contributed by atoms with E-state index in [2.05, 4.69) is 5.32 Å². The average molecular weight is 513 g/mol. The number of carbonyl (C=O) groups is 1. The summed E-state index contributed by atoms with van der Waals surface area (Å²) < 4.78 is 25.5. The van der Waals surface area contributed by atoms with Gasteiger partial charge < -0.3 is 14.8 Å². The molecular weight excluding hydrogens is 491 g/mol. The normalized spacial score (nSPS) is 10.9. The lowest BCUT2D eigenvalue weighted by molar-refractivity contribution is -0.112. The minimum atomic E-state index is -0.597. The SMILES string of the molecule is N#C/C(=C\c1cc(Cl)ccc1OCc1ccccc1F)C(=O)Nc1ccc(OCc2ccccc2)cc1. The van der Waals surface area contributed by atoms with Crippen LogP contribution in [-0.4, -0.2) is 5.91 Å². The molecule has 0 fully saturated rings. The molecule has 0 atom stereocenters. The second kappa shape index (κ2) is 12.4. The highest BCUT2D eigenvalue weighted by atomic mass is 35.5. The molecule has 7 heteroatoms. The standard InChI is InChI=1S/C30H22ClFN2O3/c31-25-10-15-29(37-20-22-8-4-5-9-28(22)32)23(17-25)16-24(18-33)30(35)34-26-11-13-27(14-12-26)36-19-21-6-2-1-3-7-21/h1-17H,19-20H2,(H,34,35)/b24-16+. The van der Waals surface area contributed by atoms with E-state index in [4.69, 9.17) is 21.1 Å². The van der Waals surface area contributed by atoms with E-state index in [1.165, 1.54) is 12.1 Å². The molecule has 0 aliphatic heterocycles. The first-order valence-electron chi connectivity index (χ1n) is 11.4. The smallest absolute Gasteiger partial charge is 0.266 e. The third-order valence-electron chi connectivity index (χ3n) is 5.34. The molecule has 0 aromatic heterocycles. The van der Waals surface area contributed by atoms with Crippen molar-refractivity contribution < 1.29 is 18.7 Å². The summed E-state index contributed by atoms with van der Waals surface area (Å²) in [5.41, 5.74) is 2.19. The molecule has 0 bridgehead atoms. The minimum Gasteiger partial charge on any atom is -0.489 e. The molecule has 0 spiro atoms. The number of nitrogens with one attached hydrogen (secondary N) is 1. The van der Waals surface area contributed by atoms with Gasteiger partial charge in [0.05, 0.1) is 0 Å². The van der Waals surface area contributed by atoms with Crippen molar-refractivity contribution in [3.8, 4) is 17.6 Å². The second-order valence-corrected chi connectivity index (χ2v) is 8.42. The van der Waals surface area contributed by atoms with Gasteiger partial charge in [-0.3, -0.25) is 4.79 Å². The molecular formula is C30H22ClFN2O3. The summed E-state index contributed by atoms with van der Waals surface area (Å²) >= 11 is 6.13. The van der Waals surface area contributed by atoms with E-state index >= 15 is 0 Å². The van der Waals surface area contributed by atoms with Crippen LogP contribution in [0.1, 0.15) is 16.7 Å². The summed E-state index contributed by atoms with van der Waals surface area (Å²) in [7, 11) is 0. The summed E-state index contributed by atoms with van der Waals surface area (Å²) in [5, 5.41) is 12.7.